The average molecular weight is 313 g/mol. The summed E-state index contributed by atoms with van der Waals surface area (Å²) in [6.45, 7) is 6.85. The van der Waals surface area contributed by atoms with Gasteiger partial charge in [-0.2, -0.15) is 0 Å². The molecule has 1 N–H and O–H groups in total. The van der Waals surface area contributed by atoms with E-state index in [1.54, 1.807) is 25.4 Å². The van der Waals surface area contributed by atoms with Gasteiger partial charge < -0.3 is 9.84 Å². The molecule has 3 heteroatoms. The summed E-state index contributed by atoms with van der Waals surface area (Å²) in [6, 6.07) is 9.50. The number of ether oxygens (including phenoxy) is 1. The van der Waals surface area contributed by atoms with Crippen LogP contribution < -0.4 is 4.74 Å². The van der Waals surface area contributed by atoms with E-state index in [9.17, 15) is 5.11 Å². The Morgan fingerprint density at radius 1 is 1.13 bits per heavy atom. The maximum atomic E-state index is 9.98. The van der Waals surface area contributed by atoms with Gasteiger partial charge in [0.15, 0.2) is 0 Å². The molecule has 0 aliphatic carbocycles. The second-order valence-electron chi connectivity index (χ2n) is 7.17. The van der Waals surface area contributed by atoms with Crippen molar-refractivity contribution in [3.8, 4) is 22.8 Å². The van der Waals surface area contributed by atoms with Gasteiger partial charge in [0.05, 0.1) is 7.11 Å². The van der Waals surface area contributed by atoms with Crippen molar-refractivity contribution in [1.82, 2.24) is 4.98 Å². The molecule has 0 saturated heterocycles. The van der Waals surface area contributed by atoms with Gasteiger partial charge in [-0.3, -0.25) is 4.98 Å². The molecule has 0 atom stereocenters. The highest BCUT2D eigenvalue weighted by atomic mass is 16.5. The SMILES string of the molecule is COc1cc(CCCCC(C)(C)C)ccc1-c1ncccc1O. The summed E-state index contributed by atoms with van der Waals surface area (Å²) in [4.78, 5) is 4.26. The van der Waals surface area contributed by atoms with Crippen molar-refractivity contribution >= 4 is 0 Å². The second kappa shape index (κ2) is 7.49. The summed E-state index contributed by atoms with van der Waals surface area (Å²) in [5.41, 5.74) is 3.04. The van der Waals surface area contributed by atoms with E-state index in [2.05, 4.69) is 37.9 Å². The number of benzene rings is 1. The first kappa shape index (κ1) is 17.3. The highest BCUT2D eigenvalue weighted by molar-refractivity contribution is 5.72. The number of aromatic hydroxyl groups is 1. The Morgan fingerprint density at radius 2 is 1.91 bits per heavy atom. The largest absolute Gasteiger partial charge is 0.506 e. The van der Waals surface area contributed by atoms with Crippen LogP contribution in [0.4, 0.5) is 0 Å². The van der Waals surface area contributed by atoms with Gasteiger partial charge in [0.2, 0.25) is 0 Å². The van der Waals surface area contributed by atoms with Crippen LogP contribution in [0.3, 0.4) is 0 Å². The zero-order valence-corrected chi connectivity index (χ0v) is 14.6. The van der Waals surface area contributed by atoms with Gasteiger partial charge in [-0.25, -0.2) is 0 Å². The van der Waals surface area contributed by atoms with E-state index < -0.39 is 0 Å². The highest BCUT2D eigenvalue weighted by Gasteiger charge is 2.12. The summed E-state index contributed by atoms with van der Waals surface area (Å²) in [6.07, 6.45) is 6.36. The smallest absolute Gasteiger partial charge is 0.141 e. The number of rotatable bonds is 6. The molecule has 3 nitrogen and oxygen atoms in total. The Hall–Kier alpha value is -2.03. The van der Waals surface area contributed by atoms with Crippen molar-refractivity contribution in [2.45, 2.75) is 46.5 Å². The predicted octanol–water partition coefficient (Wildman–Crippen LogP) is 5.22. The molecule has 0 unspecified atom stereocenters. The number of methoxy groups -OCH3 is 1. The molecule has 0 bridgehead atoms. The van der Waals surface area contributed by atoms with Gasteiger partial charge >= 0.3 is 0 Å². The monoisotopic (exact) mass is 313 g/mol. The molecule has 1 heterocycles. The lowest BCUT2D eigenvalue weighted by Crippen LogP contribution is -2.04. The van der Waals surface area contributed by atoms with E-state index in [4.69, 9.17) is 4.74 Å². The zero-order chi connectivity index (χ0) is 16.9. The normalized spacial score (nSPS) is 11.5. The lowest BCUT2D eigenvalue weighted by molar-refractivity contribution is 0.360. The first-order chi connectivity index (χ1) is 10.9. The van der Waals surface area contributed by atoms with E-state index >= 15 is 0 Å². The molecule has 0 fully saturated rings. The minimum Gasteiger partial charge on any atom is -0.506 e. The first-order valence-electron chi connectivity index (χ1n) is 8.22. The van der Waals surface area contributed by atoms with Crippen molar-refractivity contribution in [2.24, 2.45) is 5.41 Å². The number of hydrogen-bond acceptors (Lipinski definition) is 3. The zero-order valence-electron chi connectivity index (χ0n) is 14.6. The summed E-state index contributed by atoms with van der Waals surface area (Å²) in [5, 5.41) is 9.98. The first-order valence-corrected chi connectivity index (χ1v) is 8.22. The van der Waals surface area contributed by atoms with Gasteiger partial charge in [-0.1, -0.05) is 33.3 Å². The molecule has 1 aromatic heterocycles. The predicted molar refractivity (Wildman–Crippen MR) is 94.9 cm³/mol. The topological polar surface area (TPSA) is 42.4 Å². The molecular weight excluding hydrogens is 286 g/mol. The van der Waals surface area contributed by atoms with Crippen LogP contribution in [0.2, 0.25) is 0 Å². The van der Waals surface area contributed by atoms with Crippen LogP contribution >= 0.6 is 0 Å². The van der Waals surface area contributed by atoms with E-state index in [1.807, 2.05) is 6.07 Å². The molecule has 0 saturated carbocycles. The maximum absolute atomic E-state index is 9.98. The van der Waals surface area contributed by atoms with E-state index in [1.165, 1.54) is 24.8 Å². The number of pyridine rings is 1. The number of nitrogens with zero attached hydrogens (tertiary/aromatic N) is 1. The molecular formula is C20H27NO2. The lowest BCUT2D eigenvalue weighted by atomic mass is 9.89. The van der Waals surface area contributed by atoms with E-state index in [-0.39, 0.29) is 5.75 Å². The molecule has 0 aliphatic heterocycles. The number of aromatic nitrogens is 1. The number of unbranched alkanes of at least 4 members (excludes halogenated alkanes) is 1. The van der Waals surface area contributed by atoms with Gasteiger partial charge in [-0.05, 0) is 54.5 Å². The highest BCUT2D eigenvalue weighted by Crippen LogP contribution is 2.34. The van der Waals surface area contributed by atoms with Crippen LogP contribution in [-0.4, -0.2) is 17.2 Å². The molecule has 124 valence electrons. The van der Waals surface area contributed by atoms with Crippen LogP contribution in [0, 0.1) is 5.41 Å². The lowest BCUT2D eigenvalue weighted by Gasteiger charge is -2.17. The van der Waals surface area contributed by atoms with Crippen molar-refractivity contribution in [2.75, 3.05) is 7.11 Å². The van der Waals surface area contributed by atoms with Crippen molar-refractivity contribution in [1.29, 1.82) is 0 Å². The van der Waals surface area contributed by atoms with E-state index in [0.717, 1.165) is 17.7 Å². The molecule has 23 heavy (non-hydrogen) atoms. The fourth-order valence-corrected chi connectivity index (χ4v) is 2.68. The summed E-state index contributed by atoms with van der Waals surface area (Å²) in [5.74, 6) is 0.927. The maximum Gasteiger partial charge on any atom is 0.141 e. The molecule has 2 aromatic rings. The van der Waals surface area contributed by atoms with Crippen molar-refractivity contribution in [3.05, 3.63) is 42.1 Å². The van der Waals surface area contributed by atoms with Crippen LogP contribution in [0.1, 0.15) is 45.6 Å². The van der Waals surface area contributed by atoms with E-state index in [0.29, 0.717) is 11.1 Å². The van der Waals surface area contributed by atoms with Crippen molar-refractivity contribution < 1.29 is 9.84 Å². The Balaban J connectivity index is 2.10. The van der Waals surface area contributed by atoms with Gasteiger partial charge in [0.1, 0.15) is 17.2 Å². The summed E-state index contributed by atoms with van der Waals surface area (Å²) >= 11 is 0. The van der Waals surface area contributed by atoms with Gasteiger partial charge in [-0.15, -0.1) is 0 Å². The Morgan fingerprint density at radius 3 is 2.57 bits per heavy atom. The van der Waals surface area contributed by atoms with Crippen LogP contribution in [0.5, 0.6) is 11.5 Å². The van der Waals surface area contributed by atoms with Gasteiger partial charge in [0.25, 0.3) is 0 Å². The molecule has 0 spiro atoms. The number of hydrogen-bond donors (Lipinski definition) is 1. The Kier molecular flexibility index (Phi) is 5.64. The molecule has 0 radical (unpaired) electrons. The number of aryl methyl sites for hydroxylation is 1. The third-order valence-corrected chi connectivity index (χ3v) is 3.95. The quantitative estimate of drug-likeness (QED) is 0.743. The Labute approximate surface area is 139 Å². The fraction of sp³-hybridized carbons (Fsp3) is 0.450. The summed E-state index contributed by atoms with van der Waals surface area (Å²) in [7, 11) is 1.65. The molecule has 2 rings (SSSR count). The van der Waals surface area contributed by atoms with Crippen molar-refractivity contribution in [3.63, 3.8) is 0 Å². The third kappa shape index (κ3) is 4.98. The molecule has 0 amide bonds. The third-order valence-electron chi connectivity index (χ3n) is 3.95. The second-order valence-corrected chi connectivity index (χ2v) is 7.17. The van der Waals surface area contributed by atoms with Gasteiger partial charge in [0, 0.05) is 11.8 Å². The van der Waals surface area contributed by atoms with Crippen LogP contribution in [0.15, 0.2) is 36.5 Å². The molecule has 1 aromatic carbocycles. The fourth-order valence-electron chi connectivity index (χ4n) is 2.68. The Bertz CT molecular complexity index is 644. The average Bonchev–Trinajstić information content (AvgIpc) is 2.51. The minimum absolute atomic E-state index is 0.170. The van der Waals surface area contributed by atoms with Crippen LogP contribution in [-0.2, 0) is 6.42 Å². The summed E-state index contributed by atoms with van der Waals surface area (Å²) < 4.78 is 5.50. The minimum atomic E-state index is 0.170. The molecule has 0 aliphatic rings. The standard InChI is InChI=1S/C20H27NO2/c1-20(2,3)12-6-5-8-15-10-11-16(18(14-15)23-4)19-17(22)9-7-13-21-19/h7,9-11,13-14,22H,5-6,8,12H2,1-4H3. The van der Waals surface area contributed by atoms with Crippen LogP contribution in [0.25, 0.3) is 11.3 Å².